The zero-order valence-electron chi connectivity index (χ0n) is 9.92. The molecule has 0 N–H and O–H groups in total. The van der Waals surface area contributed by atoms with Crippen LogP contribution in [-0.4, -0.2) is 35.8 Å². The number of hydrogen-bond acceptors (Lipinski definition) is 2. The molecule has 1 fully saturated rings. The molecule has 0 saturated carbocycles. The topological polar surface area (TPSA) is 17.4 Å². The summed E-state index contributed by atoms with van der Waals surface area (Å²) < 4.78 is 7.61. The molecule has 1 aliphatic heterocycles. The van der Waals surface area contributed by atoms with Crippen molar-refractivity contribution in [2.75, 3.05) is 26.3 Å². The third-order valence-corrected chi connectivity index (χ3v) is 3.38. The Morgan fingerprint density at radius 3 is 2.47 bits per heavy atom. The SMILES string of the molecule is Cc1cc(CN2CCOCC2)c(C)n1C. The second kappa shape index (κ2) is 4.37. The molecule has 1 aromatic heterocycles. The lowest BCUT2D eigenvalue weighted by atomic mass is 10.2. The van der Waals surface area contributed by atoms with Crippen LogP contribution in [0.4, 0.5) is 0 Å². The maximum absolute atomic E-state index is 5.35. The van der Waals surface area contributed by atoms with Gasteiger partial charge in [-0.15, -0.1) is 0 Å². The monoisotopic (exact) mass is 208 g/mol. The largest absolute Gasteiger partial charge is 0.379 e. The summed E-state index contributed by atoms with van der Waals surface area (Å²) in [5, 5.41) is 0. The quantitative estimate of drug-likeness (QED) is 0.732. The van der Waals surface area contributed by atoms with Gasteiger partial charge in [0.15, 0.2) is 0 Å². The van der Waals surface area contributed by atoms with Gasteiger partial charge in [0.1, 0.15) is 0 Å². The van der Waals surface area contributed by atoms with Gasteiger partial charge < -0.3 is 9.30 Å². The molecular weight excluding hydrogens is 188 g/mol. The third-order valence-electron chi connectivity index (χ3n) is 3.38. The third kappa shape index (κ3) is 2.24. The van der Waals surface area contributed by atoms with E-state index in [1.807, 2.05) is 0 Å². The normalized spacial score (nSPS) is 18.3. The highest BCUT2D eigenvalue weighted by Gasteiger charge is 2.13. The van der Waals surface area contributed by atoms with Crippen LogP contribution in [0.2, 0.25) is 0 Å². The number of morpholine rings is 1. The Labute approximate surface area is 91.6 Å². The van der Waals surface area contributed by atoms with Crippen molar-refractivity contribution in [2.45, 2.75) is 20.4 Å². The summed E-state index contributed by atoms with van der Waals surface area (Å²) in [6.45, 7) is 9.31. The molecular formula is C12H20N2O. The Bertz CT molecular complexity index is 338. The van der Waals surface area contributed by atoms with Gasteiger partial charge in [-0.25, -0.2) is 0 Å². The predicted molar refractivity (Wildman–Crippen MR) is 61.0 cm³/mol. The first-order valence-electron chi connectivity index (χ1n) is 5.60. The lowest BCUT2D eigenvalue weighted by Crippen LogP contribution is -2.35. The highest BCUT2D eigenvalue weighted by Crippen LogP contribution is 2.15. The molecule has 0 spiro atoms. The van der Waals surface area contributed by atoms with Crippen molar-refractivity contribution < 1.29 is 4.74 Å². The van der Waals surface area contributed by atoms with E-state index in [-0.39, 0.29) is 0 Å². The molecule has 1 saturated heterocycles. The zero-order valence-corrected chi connectivity index (χ0v) is 9.92. The van der Waals surface area contributed by atoms with Crippen LogP contribution >= 0.6 is 0 Å². The van der Waals surface area contributed by atoms with Gasteiger partial charge in [0.2, 0.25) is 0 Å². The lowest BCUT2D eigenvalue weighted by Gasteiger charge is -2.26. The van der Waals surface area contributed by atoms with E-state index in [1.165, 1.54) is 17.0 Å². The smallest absolute Gasteiger partial charge is 0.0594 e. The average molecular weight is 208 g/mol. The van der Waals surface area contributed by atoms with Gasteiger partial charge in [-0.05, 0) is 25.5 Å². The Morgan fingerprint density at radius 1 is 1.27 bits per heavy atom. The van der Waals surface area contributed by atoms with Crippen LogP contribution in [0.3, 0.4) is 0 Å². The highest BCUT2D eigenvalue weighted by atomic mass is 16.5. The van der Waals surface area contributed by atoms with Crippen LogP contribution in [0.1, 0.15) is 17.0 Å². The zero-order chi connectivity index (χ0) is 10.8. The maximum Gasteiger partial charge on any atom is 0.0594 e. The minimum Gasteiger partial charge on any atom is -0.379 e. The first-order valence-corrected chi connectivity index (χ1v) is 5.60. The number of aryl methyl sites for hydroxylation is 1. The van der Waals surface area contributed by atoms with Gasteiger partial charge in [-0.1, -0.05) is 0 Å². The predicted octanol–water partition coefficient (Wildman–Crippen LogP) is 1.47. The van der Waals surface area contributed by atoms with Crippen LogP contribution in [0.5, 0.6) is 0 Å². The van der Waals surface area contributed by atoms with Crippen molar-refractivity contribution in [3.8, 4) is 0 Å². The van der Waals surface area contributed by atoms with E-state index in [0.29, 0.717) is 0 Å². The highest BCUT2D eigenvalue weighted by molar-refractivity contribution is 5.26. The van der Waals surface area contributed by atoms with E-state index in [1.54, 1.807) is 0 Å². The number of aromatic nitrogens is 1. The summed E-state index contributed by atoms with van der Waals surface area (Å²) in [5.41, 5.74) is 4.19. The lowest BCUT2D eigenvalue weighted by molar-refractivity contribution is 0.0341. The molecule has 0 aromatic carbocycles. The summed E-state index contributed by atoms with van der Waals surface area (Å²) in [6, 6.07) is 2.30. The second-order valence-corrected chi connectivity index (χ2v) is 4.34. The number of hydrogen-bond donors (Lipinski definition) is 0. The minimum absolute atomic E-state index is 0.880. The van der Waals surface area contributed by atoms with Crippen LogP contribution in [0, 0.1) is 13.8 Å². The molecule has 3 nitrogen and oxygen atoms in total. The first-order chi connectivity index (χ1) is 7.18. The fourth-order valence-corrected chi connectivity index (χ4v) is 2.09. The molecule has 0 bridgehead atoms. The molecule has 15 heavy (non-hydrogen) atoms. The number of ether oxygens (including phenoxy) is 1. The summed E-state index contributed by atoms with van der Waals surface area (Å²) in [5.74, 6) is 0. The van der Waals surface area contributed by atoms with E-state index >= 15 is 0 Å². The van der Waals surface area contributed by atoms with Gasteiger partial charge in [-0.3, -0.25) is 4.90 Å². The summed E-state index contributed by atoms with van der Waals surface area (Å²) >= 11 is 0. The van der Waals surface area contributed by atoms with Crippen molar-refractivity contribution in [2.24, 2.45) is 7.05 Å². The number of rotatable bonds is 2. The van der Waals surface area contributed by atoms with E-state index < -0.39 is 0 Å². The molecule has 0 atom stereocenters. The van der Waals surface area contributed by atoms with Crippen LogP contribution in [0.25, 0.3) is 0 Å². The van der Waals surface area contributed by atoms with E-state index in [0.717, 1.165) is 32.8 Å². The molecule has 0 aliphatic carbocycles. The van der Waals surface area contributed by atoms with Gasteiger partial charge in [-0.2, -0.15) is 0 Å². The Balaban J connectivity index is 2.06. The Morgan fingerprint density at radius 2 is 1.93 bits per heavy atom. The van der Waals surface area contributed by atoms with Crippen molar-refractivity contribution in [3.05, 3.63) is 23.0 Å². The minimum atomic E-state index is 0.880. The molecule has 2 rings (SSSR count). The van der Waals surface area contributed by atoms with Gasteiger partial charge in [0, 0.05) is 38.1 Å². The summed E-state index contributed by atoms with van der Waals surface area (Å²) in [4.78, 5) is 2.46. The molecule has 0 amide bonds. The fraction of sp³-hybridized carbons (Fsp3) is 0.667. The number of nitrogens with zero attached hydrogens (tertiary/aromatic N) is 2. The van der Waals surface area contributed by atoms with Crippen molar-refractivity contribution in [3.63, 3.8) is 0 Å². The molecule has 3 heteroatoms. The molecule has 1 aromatic rings. The van der Waals surface area contributed by atoms with E-state index in [4.69, 9.17) is 4.74 Å². The molecule has 1 aliphatic rings. The molecule has 0 unspecified atom stereocenters. The Kier molecular flexibility index (Phi) is 3.12. The first kappa shape index (κ1) is 10.7. The van der Waals surface area contributed by atoms with Crippen LogP contribution < -0.4 is 0 Å². The van der Waals surface area contributed by atoms with Gasteiger partial charge in [0.25, 0.3) is 0 Å². The van der Waals surface area contributed by atoms with E-state index in [9.17, 15) is 0 Å². The maximum atomic E-state index is 5.35. The van der Waals surface area contributed by atoms with Crippen LogP contribution in [0.15, 0.2) is 6.07 Å². The average Bonchev–Trinajstić information content (AvgIpc) is 2.48. The van der Waals surface area contributed by atoms with E-state index in [2.05, 4.69) is 36.4 Å². The van der Waals surface area contributed by atoms with Gasteiger partial charge in [0.05, 0.1) is 13.2 Å². The van der Waals surface area contributed by atoms with Crippen molar-refractivity contribution in [1.29, 1.82) is 0 Å². The molecule has 2 heterocycles. The van der Waals surface area contributed by atoms with Crippen molar-refractivity contribution >= 4 is 0 Å². The standard InChI is InChI=1S/C12H20N2O/c1-10-8-12(11(2)13(10)3)9-14-4-6-15-7-5-14/h8H,4-7,9H2,1-3H3. The summed E-state index contributed by atoms with van der Waals surface area (Å²) in [6.07, 6.45) is 0. The van der Waals surface area contributed by atoms with Gasteiger partial charge >= 0.3 is 0 Å². The second-order valence-electron chi connectivity index (χ2n) is 4.34. The summed E-state index contributed by atoms with van der Waals surface area (Å²) in [7, 11) is 2.13. The van der Waals surface area contributed by atoms with Crippen LogP contribution in [-0.2, 0) is 18.3 Å². The molecule has 84 valence electrons. The Hall–Kier alpha value is -0.800. The molecule has 0 radical (unpaired) electrons. The fourth-order valence-electron chi connectivity index (χ4n) is 2.09. The van der Waals surface area contributed by atoms with Crippen molar-refractivity contribution in [1.82, 2.24) is 9.47 Å².